The quantitative estimate of drug-likeness (QED) is 0.488. The Hall–Kier alpha value is -1.27. The van der Waals surface area contributed by atoms with Crippen molar-refractivity contribution in [3.63, 3.8) is 0 Å². The molecular formula is C10H15ClN4OS. The molecule has 1 rings (SSSR count). The molecule has 5 nitrogen and oxygen atoms in total. The second-order valence-corrected chi connectivity index (χ2v) is 5.03. The Bertz CT molecular complexity index is 438. The predicted molar refractivity (Wildman–Crippen MR) is 73.2 cm³/mol. The Labute approximate surface area is 109 Å². The highest BCUT2D eigenvalue weighted by Crippen LogP contribution is 2.39. The molecule has 0 aliphatic heterocycles. The summed E-state index contributed by atoms with van der Waals surface area (Å²) in [5, 5.41) is 7.23. The Morgan fingerprint density at radius 1 is 1.53 bits per heavy atom. The van der Waals surface area contributed by atoms with Crippen molar-refractivity contribution < 1.29 is 4.74 Å². The molecular weight excluding hydrogens is 260 g/mol. The van der Waals surface area contributed by atoms with Gasteiger partial charge in [0.1, 0.15) is 4.34 Å². The van der Waals surface area contributed by atoms with Crippen molar-refractivity contribution in [2.75, 3.05) is 7.11 Å². The monoisotopic (exact) mass is 274 g/mol. The first-order valence-corrected chi connectivity index (χ1v) is 6.18. The zero-order valence-corrected chi connectivity index (χ0v) is 11.3. The standard InChI is InChI=1S/C10H15ClN4OS/c1-6-7(17-9(11)8(6)16-2)4-3-5-14-15-10(12)13/h5H,3-4H2,1-2H3,(H4,12,13,15). The molecule has 4 N–H and O–H groups in total. The molecule has 1 aromatic rings. The van der Waals surface area contributed by atoms with Crippen molar-refractivity contribution in [1.82, 2.24) is 0 Å². The minimum absolute atomic E-state index is 0.0433. The lowest BCUT2D eigenvalue weighted by atomic mass is 10.2. The van der Waals surface area contributed by atoms with E-state index in [1.807, 2.05) is 6.92 Å². The van der Waals surface area contributed by atoms with Gasteiger partial charge in [0.2, 0.25) is 5.96 Å². The highest BCUT2D eigenvalue weighted by molar-refractivity contribution is 7.16. The first kappa shape index (κ1) is 13.8. The van der Waals surface area contributed by atoms with Crippen LogP contribution in [0.4, 0.5) is 0 Å². The van der Waals surface area contributed by atoms with Crippen molar-refractivity contribution in [3.8, 4) is 5.75 Å². The first-order chi connectivity index (χ1) is 8.06. The van der Waals surface area contributed by atoms with Gasteiger partial charge in [-0.2, -0.15) is 5.10 Å². The van der Waals surface area contributed by atoms with Gasteiger partial charge in [0.25, 0.3) is 0 Å². The van der Waals surface area contributed by atoms with Crippen molar-refractivity contribution in [1.29, 1.82) is 0 Å². The Morgan fingerprint density at radius 2 is 2.24 bits per heavy atom. The molecule has 94 valence electrons. The van der Waals surface area contributed by atoms with Crippen LogP contribution in [0.15, 0.2) is 10.2 Å². The van der Waals surface area contributed by atoms with Crippen LogP contribution in [-0.2, 0) is 6.42 Å². The predicted octanol–water partition coefficient (Wildman–Crippen LogP) is 1.91. The van der Waals surface area contributed by atoms with Crippen LogP contribution in [0.25, 0.3) is 0 Å². The van der Waals surface area contributed by atoms with E-state index in [-0.39, 0.29) is 5.96 Å². The molecule has 0 saturated carbocycles. The molecule has 7 heteroatoms. The Balaban J connectivity index is 2.58. The lowest BCUT2D eigenvalue weighted by Gasteiger charge is -1.99. The van der Waals surface area contributed by atoms with Crippen LogP contribution >= 0.6 is 22.9 Å². The van der Waals surface area contributed by atoms with E-state index in [0.717, 1.165) is 24.2 Å². The van der Waals surface area contributed by atoms with Crippen LogP contribution in [0, 0.1) is 6.92 Å². The maximum atomic E-state index is 6.04. The van der Waals surface area contributed by atoms with E-state index in [2.05, 4.69) is 10.2 Å². The molecule has 1 heterocycles. The van der Waals surface area contributed by atoms with Gasteiger partial charge in [-0.3, -0.25) is 0 Å². The van der Waals surface area contributed by atoms with Crippen LogP contribution < -0.4 is 16.2 Å². The van der Waals surface area contributed by atoms with Crippen LogP contribution in [0.1, 0.15) is 16.9 Å². The average Bonchev–Trinajstić information content (AvgIpc) is 2.53. The number of nitrogens with two attached hydrogens (primary N) is 2. The van der Waals surface area contributed by atoms with Gasteiger partial charge in [-0.1, -0.05) is 11.6 Å². The van der Waals surface area contributed by atoms with Gasteiger partial charge in [-0.05, 0) is 19.8 Å². The summed E-state index contributed by atoms with van der Waals surface area (Å²) in [6.07, 6.45) is 3.25. The third-order valence-electron chi connectivity index (χ3n) is 2.11. The summed E-state index contributed by atoms with van der Waals surface area (Å²) in [4.78, 5) is 1.18. The fourth-order valence-corrected chi connectivity index (χ4v) is 2.85. The molecule has 0 saturated heterocycles. The lowest BCUT2D eigenvalue weighted by molar-refractivity contribution is 0.413. The number of rotatable bonds is 5. The largest absolute Gasteiger partial charge is 0.494 e. The molecule has 0 fully saturated rings. The SMILES string of the molecule is COc1c(Cl)sc(CCC=NN=C(N)N)c1C. The molecule has 0 spiro atoms. The Morgan fingerprint density at radius 3 is 2.76 bits per heavy atom. The third-order valence-corrected chi connectivity index (χ3v) is 3.63. The van der Waals surface area contributed by atoms with Crippen molar-refractivity contribution in [2.45, 2.75) is 19.8 Å². The summed E-state index contributed by atoms with van der Waals surface area (Å²) in [7, 11) is 1.62. The molecule has 0 unspecified atom stereocenters. The zero-order chi connectivity index (χ0) is 12.8. The van der Waals surface area contributed by atoms with E-state index in [0.29, 0.717) is 4.34 Å². The maximum Gasteiger partial charge on any atom is 0.211 e. The highest BCUT2D eigenvalue weighted by atomic mass is 35.5. The summed E-state index contributed by atoms with van der Waals surface area (Å²) >= 11 is 7.56. The molecule has 0 atom stereocenters. The van der Waals surface area contributed by atoms with Gasteiger partial charge in [-0.25, -0.2) is 0 Å². The van der Waals surface area contributed by atoms with Crippen LogP contribution in [0.5, 0.6) is 5.75 Å². The fourth-order valence-electron chi connectivity index (χ4n) is 1.34. The molecule has 17 heavy (non-hydrogen) atoms. The van der Waals surface area contributed by atoms with Gasteiger partial charge in [0, 0.05) is 16.7 Å². The number of methoxy groups -OCH3 is 1. The van der Waals surface area contributed by atoms with Crippen molar-refractivity contribution >= 4 is 35.1 Å². The van der Waals surface area contributed by atoms with Crippen LogP contribution in [0.3, 0.4) is 0 Å². The lowest BCUT2D eigenvalue weighted by Crippen LogP contribution is -2.21. The minimum Gasteiger partial charge on any atom is -0.494 e. The van der Waals surface area contributed by atoms with Gasteiger partial charge in [0.05, 0.1) is 7.11 Å². The van der Waals surface area contributed by atoms with Gasteiger partial charge in [-0.15, -0.1) is 16.4 Å². The van der Waals surface area contributed by atoms with E-state index in [1.165, 1.54) is 16.2 Å². The van der Waals surface area contributed by atoms with E-state index >= 15 is 0 Å². The molecule has 0 amide bonds. The maximum absolute atomic E-state index is 6.04. The summed E-state index contributed by atoms with van der Waals surface area (Å²) in [6.45, 7) is 1.99. The molecule has 0 aromatic carbocycles. The van der Waals surface area contributed by atoms with Crippen molar-refractivity contribution in [2.24, 2.45) is 21.7 Å². The van der Waals surface area contributed by atoms with E-state index in [4.69, 9.17) is 27.8 Å². The second-order valence-electron chi connectivity index (χ2n) is 3.32. The van der Waals surface area contributed by atoms with Gasteiger partial charge in [0.15, 0.2) is 5.75 Å². The number of halogens is 1. The van der Waals surface area contributed by atoms with Crippen molar-refractivity contribution in [3.05, 3.63) is 14.8 Å². The molecule has 0 aliphatic carbocycles. The third kappa shape index (κ3) is 3.90. The summed E-state index contributed by atoms with van der Waals surface area (Å²) in [5.41, 5.74) is 11.3. The zero-order valence-electron chi connectivity index (χ0n) is 9.74. The summed E-state index contributed by atoms with van der Waals surface area (Å²) < 4.78 is 5.89. The van der Waals surface area contributed by atoms with E-state index in [1.54, 1.807) is 13.3 Å². The summed E-state index contributed by atoms with van der Waals surface area (Å²) in [5.74, 6) is 0.714. The number of hydrogen-bond acceptors (Lipinski definition) is 4. The second kappa shape index (κ2) is 6.46. The molecule has 0 bridgehead atoms. The average molecular weight is 275 g/mol. The van der Waals surface area contributed by atoms with E-state index < -0.39 is 0 Å². The number of ether oxygens (including phenoxy) is 1. The van der Waals surface area contributed by atoms with Gasteiger partial charge < -0.3 is 16.2 Å². The number of aryl methyl sites for hydroxylation is 1. The number of hydrogen-bond donors (Lipinski definition) is 2. The Kier molecular flexibility index (Phi) is 5.24. The normalized spacial score (nSPS) is 10.8. The van der Waals surface area contributed by atoms with Gasteiger partial charge >= 0.3 is 0 Å². The summed E-state index contributed by atoms with van der Waals surface area (Å²) in [6, 6.07) is 0. The molecule has 1 aromatic heterocycles. The molecule has 0 aliphatic rings. The number of nitrogens with zero attached hydrogens (tertiary/aromatic N) is 2. The van der Waals surface area contributed by atoms with Crippen LogP contribution in [0.2, 0.25) is 4.34 Å². The molecule has 0 radical (unpaired) electrons. The van der Waals surface area contributed by atoms with E-state index in [9.17, 15) is 0 Å². The topological polar surface area (TPSA) is 86.0 Å². The smallest absolute Gasteiger partial charge is 0.211 e. The van der Waals surface area contributed by atoms with Crippen LogP contribution in [-0.4, -0.2) is 19.3 Å². The number of guanidine groups is 1. The number of thiophene rings is 1. The minimum atomic E-state index is -0.0433. The first-order valence-electron chi connectivity index (χ1n) is 4.98. The fraction of sp³-hybridized carbons (Fsp3) is 0.400. The highest BCUT2D eigenvalue weighted by Gasteiger charge is 2.13.